The highest BCUT2D eigenvalue weighted by atomic mass is 32.2. The summed E-state index contributed by atoms with van der Waals surface area (Å²) in [7, 11) is 0. The zero-order chi connectivity index (χ0) is 8.69. The van der Waals surface area contributed by atoms with E-state index < -0.39 is 6.17 Å². The molecule has 66 valence electrons. The van der Waals surface area contributed by atoms with Gasteiger partial charge in [0.2, 0.25) is 0 Å². The fourth-order valence-corrected chi connectivity index (χ4v) is 1.38. The monoisotopic (exact) mass is 178 g/mol. The van der Waals surface area contributed by atoms with Crippen LogP contribution in [0.25, 0.3) is 0 Å². The minimum absolute atomic E-state index is 0.151. The Bertz CT molecular complexity index is 115. The lowest BCUT2D eigenvalue weighted by Crippen LogP contribution is -1.93. The molecule has 0 aliphatic rings. The Kier molecular flexibility index (Phi) is 6.62. The molecule has 1 nitrogen and oxygen atoms in total. The van der Waals surface area contributed by atoms with Crippen molar-refractivity contribution in [1.82, 2.24) is 0 Å². The van der Waals surface area contributed by atoms with Gasteiger partial charge >= 0.3 is 0 Å². The summed E-state index contributed by atoms with van der Waals surface area (Å²) in [5.74, 6) is 0.835. The molecule has 3 heteroatoms. The molecule has 0 aromatic rings. The van der Waals surface area contributed by atoms with E-state index in [1.54, 1.807) is 13.8 Å². The molecule has 0 fully saturated rings. The molecule has 0 aromatic heterocycles. The third kappa shape index (κ3) is 9.95. The third-order valence-electron chi connectivity index (χ3n) is 1.30. The van der Waals surface area contributed by atoms with Crippen LogP contribution >= 0.6 is 11.8 Å². The van der Waals surface area contributed by atoms with Gasteiger partial charge in [-0.2, -0.15) is 0 Å². The molecule has 0 amide bonds. The summed E-state index contributed by atoms with van der Waals surface area (Å²) >= 11 is 1.32. The summed E-state index contributed by atoms with van der Waals surface area (Å²) in [6.45, 7) is 3.13. The third-order valence-corrected chi connectivity index (χ3v) is 2.20. The maximum absolute atomic E-state index is 12.2. The summed E-state index contributed by atoms with van der Waals surface area (Å²) in [6.07, 6.45) is 1.76. The molecule has 0 radical (unpaired) electrons. The van der Waals surface area contributed by atoms with E-state index in [0.717, 1.165) is 18.6 Å². The molecule has 11 heavy (non-hydrogen) atoms. The lowest BCUT2D eigenvalue weighted by Gasteiger charge is -1.99. The zero-order valence-electron chi connectivity index (χ0n) is 7.10. The standard InChI is InChI=1S/C8H15FOS/c1-7(9)5-3-4-6-11-8(2)10/h7H,3-6H2,1-2H3. The van der Waals surface area contributed by atoms with Crippen molar-refractivity contribution in [3.05, 3.63) is 0 Å². The molecule has 0 saturated carbocycles. The minimum Gasteiger partial charge on any atom is -0.288 e. The first kappa shape index (κ1) is 11.0. The Hall–Kier alpha value is -0.0500. The molecule has 0 saturated heterocycles. The number of unbranched alkanes of at least 4 members (excludes halogenated alkanes) is 1. The Balaban J connectivity index is 2.97. The van der Waals surface area contributed by atoms with Crippen LogP contribution in [0, 0.1) is 0 Å². The van der Waals surface area contributed by atoms with Crippen molar-refractivity contribution in [2.24, 2.45) is 0 Å². The summed E-state index contributed by atoms with van der Waals surface area (Å²) in [5, 5.41) is 0.151. The number of alkyl halides is 1. The number of rotatable bonds is 5. The predicted molar refractivity (Wildman–Crippen MR) is 47.6 cm³/mol. The molecular weight excluding hydrogens is 163 g/mol. The van der Waals surface area contributed by atoms with E-state index >= 15 is 0 Å². The molecule has 1 unspecified atom stereocenters. The topological polar surface area (TPSA) is 17.1 Å². The van der Waals surface area contributed by atoms with Crippen molar-refractivity contribution in [1.29, 1.82) is 0 Å². The summed E-state index contributed by atoms with van der Waals surface area (Å²) in [4.78, 5) is 10.4. The van der Waals surface area contributed by atoms with Crippen LogP contribution in [0.3, 0.4) is 0 Å². The van der Waals surface area contributed by atoms with Gasteiger partial charge in [0.05, 0.1) is 6.17 Å². The summed E-state index contributed by atoms with van der Waals surface area (Å²) < 4.78 is 12.2. The molecule has 0 bridgehead atoms. The van der Waals surface area contributed by atoms with E-state index in [-0.39, 0.29) is 5.12 Å². The molecule has 0 heterocycles. The van der Waals surface area contributed by atoms with Gasteiger partial charge in [0.1, 0.15) is 0 Å². The number of hydrogen-bond acceptors (Lipinski definition) is 2. The largest absolute Gasteiger partial charge is 0.288 e. The van der Waals surface area contributed by atoms with Gasteiger partial charge < -0.3 is 0 Å². The average Bonchev–Trinajstić information content (AvgIpc) is 1.85. The number of halogens is 1. The smallest absolute Gasteiger partial charge is 0.185 e. The van der Waals surface area contributed by atoms with Crippen molar-refractivity contribution < 1.29 is 9.18 Å². The molecular formula is C8H15FOS. The van der Waals surface area contributed by atoms with Gasteiger partial charge in [-0.3, -0.25) is 4.79 Å². The van der Waals surface area contributed by atoms with Gasteiger partial charge in [0.25, 0.3) is 0 Å². The number of carbonyl (C=O) groups is 1. The highest BCUT2D eigenvalue weighted by Crippen LogP contribution is 2.09. The van der Waals surface area contributed by atoms with Crippen LogP contribution < -0.4 is 0 Å². The van der Waals surface area contributed by atoms with Gasteiger partial charge in [-0.15, -0.1) is 0 Å². The second kappa shape index (κ2) is 6.65. The highest BCUT2D eigenvalue weighted by Gasteiger charge is 1.98. The first-order valence-electron chi connectivity index (χ1n) is 3.90. The van der Waals surface area contributed by atoms with E-state index in [0.29, 0.717) is 6.42 Å². The molecule has 0 N–H and O–H groups in total. The highest BCUT2D eigenvalue weighted by molar-refractivity contribution is 8.13. The van der Waals surface area contributed by atoms with E-state index in [1.165, 1.54) is 11.8 Å². The molecule has 0 spiro atoms. The SMILES string of the molecule is CC(=O)SCCCCC(C)F. The fourth-order valence-electron chi connectivity index (χ4n) is 0.744. The first-order valence-corrected chi connectivity index (χ1v) is 4.89. The van der Waals surface area contributed by atoms with Crippen LogP contribution in [0.4, 0.5) is 4.39 Å². The fraction of sp³-hybridized carbons (Fsp3) is 0.875. The summed E-state index contributed by atoms with van der Waals surface area (Å²) in [5.41, 5.74) is 0. The van der Waals surface area contributed by atoms with E-state index in [1.807, 2.05) is 0 Å². The average molecular weight is 178 g/mol. The second-order valence-corrected chi connectivity index (χ2v) is 3.89. The Morgan fingerprint density at radius 2 is 2.18 bits per heavy atom. The first-order chi connectivity index (χ1) is 5.13. The van der Waals surface area contributed by atoms with Crippen molar-refractivity contribution in [3.8, 4) is 0 Å². The van der Waals surface area contributed by atoms with E-state index in [2.05, 4.69) is 0 Å². The molecule has 0 rings (SSSR count). The van der Waals surface area contributed by atoms with Gasteiger partial charge in [-0.1, -0.05) is 11.8 Å². The summed E-state index contributed by atoms with van der Waals surface area (Å²) in [6, 6.07) is 0. The lowest BCUT2D eigenvalue weighted by molar-refractivity contribution is -0.109. The van der Waals surface area contributed by atoms with Crippen molar-refractivity contribution >= 4 is 16.9 Å². The quantitative estimate of drug-likeness (QED) is 0.602. The Morgan fingerprint density at radius 3 is 2.64 bits per heavy atom. The van der Waals surface area contributed by atoms with Crippen LogP contribution in [0.1, 0.15) is 33.1 Å². The molecule has 0 aliphatic heterocycles. The zero-order valence-corrected chi connectivity index (χ0v) is 7.92. The lowest BCUT2D eigenvalue weighted by atomic mass is 10.2. The Morgan fingerprint density at radius 1 is 1.55 bits per heavy atom. The molecule has 0 aromatic carbocycles. The second-order valence-electron chi connectivity index (χ2n) is 2.62. The Labute approximate surface area is 71.7 Å². The molecule has 0 aliphatic carbocycles. The van der Waals surface area contributed by atoms with Gasteiger partial charge in [0, 0.05) is 12.7 Å². The molecule has 1 atom stereocenters. The van der Waals surface area contributed by atoms with Crippen molar-refractivity contribution in [3.63, 3.8) is 0 Å². The van der Waals surface area contributed by atoms with E-state index in [9.17, 15) is 9.18 Å². The van der Waals surface area contributed by atoms with Gasteiger partial charge in [-0.05, 0) is 26.2 Å². The number of thioether (sulfide) groups is 1. The van der Waals surface area contributed by atoms with Gasteiger partial charge in [-0.25, -0.2) is 4.39 Å². The number of carbonyl (C=O) groups excluding carboxylic acids is 1. The van der Waals surface area contributed by atoms with Crippen molar-refractivity contribution in [2.75, 3.05) is 5.75 Å². The van der Waals surface area contributed by atoms with Crippen molar-refractivity contribution in [2.45, 2.75) is 39.3 Å². The van der Waals surface area contributed by atoms with E-state index in [4.69, 9.17) is 0 Å². The maximum atomic E-state index is 12.2. The number of hydrogen-bond donors (Lipinski definition) is 0. The van der Waals surface area contributed by atoms with Crippen LogP contribution in [0.2, 0.25) is 0 Å². The van der Waals surface area contributed by atoms with Crippen LogP contribution in [-0.2, 0) is 4.79 Å². The normalized spacial score (nSPS) is 13.0. The van der Waals surface area contributed by atoms with Crippen LogP contribution in [-0.4, -0.2) is 17.0 Å². The maximum Gasteiger partial charge on any atom is 0.185 e. The predicted octanol–water partition coefficient (Wildman–Crippen LogP) is 2.79. The minimum atomic E-state index is -0.697. The van der Waals surface area contributed by atoms with Gasteiger partial charge in [0.15, 0.2) is 5.12 Å². The van der Waals surface area contributed by atoms with Crippen LogP contribution in [0.5, 0.6) is 0 Å². The van der Waals surface area contributed by atoms with Crippen LogP contribution in [0.15, 0.2) is 0 Å².